The van der Waals surface area contributed by atoms with Gasteiger partial charge in [-0.05, 0) is 43.2 Å². The number of imidazole rings is 1. The molecule has 0 N–H and O–H groups in total. The summed E-state index contributed by atoms with van der Waals surface area (Å²) in [5, 5.41) is 0. The Balaban J connectivity index is 2.07. The fourth-order valence-corrected chi connectivity index (χ4v) is 2.95. The molecule has 0 bridgehead atoms. The molecule has 0 amide bonds. The Morgan fingerprint density at radius 2 is 2.04 bits per heavy atom. The van der Waals surface area contributed by atoms with E-state index in [2.05, 4.69) is 4.98 Å². The lowest BCUT2D eigenvalue weighted by atomic mass is 10.0. The minimum absolute atomic E-state index is 0.252. The second-order valence-corrected chi connectivity index (χ2v) is 6.04. The molecule has 130 valence electrons. The molecule has 0 aliphatic heterocycles. The summed E-state index contributed by atoms with van der Waals surface area (Å²) in [7, 11) is 3.16. The number of hydrogen-bond acceptors (Lipinski definition) is 4. The minimum Gasteiger partial charge on any atom is -0.464 e. The van der Waals surface area contributed by atoms with Crippen LogP contribution in [0.3, 0.4) is 0 Å². The van der Waals surface area contributed by atoms with Gasteiger partial charge >= 0.3 is 5.97 Å². The van der Waals surface area contributed by atoms with Crippen LogP contribution in [0.4, 0.5) is 10.1 Å². The first-order valence-electron chi connectivity index (χ1n) is 7.94. The van der Waals surface area contributed by atoms with E-state index in [-0.39, 0.29) is 5.82 Å². The van der Waals surface area contributed by atoms with Gasteiger partial charge in [0.05, 0.1) is 12.8 Å². The Morgan fingerprint density at radius 3 is 2.76 bits per heavy atom. The standard InChI is InChI=1S/C19H20FN3O2/c1-12-5-6-15(20)14(13(12)2)11-22(3)16-7-8-17-21-9-10-23(17)18(16)19(24)25-4/h5-10H,11H2,1-4H3. The van der Waals surface area contributed by atoms with Crippen LogP contribution < -0.4 is 4.90 Å². The number of carbonyl (C=O) groups excluding carboxylic acids is 1. The van der Waals surface area contributed by atoms with Crippen molar-refractivity contribution >= 4 is 17.3 Å². The highest BCUT2D eigenvalue weighted by molar-refractivity contribution is 5.95. The summed E-state index contributed by atoms with van der Waals surface area (Å²) in [5.41, 5.74) is 4.22. The number of aryl methyl sites for hydroxylation is 1. The number of ether oxygens (including phenoxy) is 1. The van der Waals surface area contributed by atoms with Crippen LogP contribution in [-0.4, -0.2) is 29.5 Å². The van der Waals surface area contributed by atoms with Gasteiger partial charge in [0.2, 0.25) is 0 Å². The van der Waals surface area contributed by atoms with Crippen molar-refractivity contribution in [1.82, 2.24) is 9.38 Å². The monoisotopic (exact) mass is 341 g/mol. The van der Waals surface area contributed by atoms with Crippen molar-refractivity contribution in [3.8, 4) is 0 Å². The number of rotatable bonds is 4. The van der Waals surface area contributed by atoms with Crippen molar-refractivity contribution in [1.29, 1.82) is 0 Å². The quantitative estimate of drug-likeness (QED) is 0.681. The molecule has 2 aromatic heterocycles. The van der Waals surface area contributed by atoms with Crippen molar-refractivity contribution < 1.29 is 13.9 Å². The summed E-state index contributed by atoms with van der Waals surface area (Å²) in [6.07, 6.45) is 3.33. The smallest absolute Gasteiger partial charge is 0.357 e. The van der Waals surface area contributed by atoms with Crippen LogP contribution >= 0.6 is 0 Å². The fourth-order valence-electron chi connectivity index (χ4n) is 2.95. The molecule has 6 heteroatoms. The summed E-state index contributed by atoms with van der Waals surface area (Å²) in [6, 6.07) is 6.87. The van der Waals surface area contributed by atoms with Gasteiger partial charge in [-0.2, -0.15) is 0 Å². The molecule has 0 aliphatic carbocycles. The number of benzene rings is 1. The molecule has 0 saturated carbocycles. The number of halogens is 1. The summed E-state index contributed by atoms with van der Waals surface area (Å²) < 4.78 is 20.9. The summed E-state index contributed by atoms with van der Waals surface area (Å²) in [5.74, 6) is -0.717. The zero-order chi connectivity index (χ0) is 18.1. The molecule has 1 aromatic carbocycles. The number of pyridine rings is 1. The molecule has 2 heterocycles. The van der Waals surface area contributed by atoms with E-state index in [1.54, 1.807) is 28.9 Å². The maximum absolute atomic E-state index is 14.3. The molecule has 0 spiro atoms. The van der Waals surface area contributed by atoms with Gasteiger partial charge in [-0.25, -0.2) is 14.2 Å². The van der Waals surface area contributed by atoms with Crippen LogP contribution in [0.25, 0.3) is 5.65 Å². The van der Waals surface area contributed by atoms with Gasteiger partial charge in [-0.1, -0.05) is 6.07 Å². The van der Waals surface area contributed by atoms with Gasteiger partial charge < -0.3 is 9.64 Å². The van der Waals surface area contributed by atoms with E-state index in [4.69, 9.17) is 4.74 Å². The Labute approximate surface area is 145 Å². The van der Waals surface area contributed by atoms with Crippen molar-refractivity contribution in [2.75, 3.05) is 19.1 Å². The lowest BCUT2D eigenvalue weighted by Crippen LogP contribution is -2.23. The van der Waals surface area contributed by atoms with Gasteiger partial charge in [0.1, 0.15) is 11.5 Å². The zero-order valence-electron chi connectivity index (χ0n) is 14.7. The van der Waals surface area contributed by atoms with Gasteiger partial charge in [0.15, 0.2) is 5.69 Å². The number of aromatic nitrogens is 2. The number of nitrogens with zero attached hydrogens (tertiary/aromatic N) is 3. The molecule has 5 nitrogen and oxygen atoms in total. The van der Waals surface area contributed by atoms with Crippen molar-refractivity contribution in [3.05, 3.63) is 64.9 Å². The number of hydrogen-bond donors (Lipinski definition) is 0. The fraction of sp³-hybridized carbons (Fsp3) is 0.263. The Bertz CT molecular complexity index is 949. The third-order valence-electron chi connectivity index (χ3n) is 4.54. The summed E-state index contributed by atoms with van der Waals surface area (Å²) >= 11 is 0. The van der Waals surface area contributed by atoms with E-state index in [1.807, 2.05) is 31.9 Å². The molecule has 3 aromatic rings. The second kappa shape index (κ2) is 6.55. The average molecular weight is 341 g/mol. The largest absolute Gasteiger partial charge is 0.464 e. The van der Waals surface area contributed by atoms with Crippen molar-refractivity contribution in [3.63, 3.8) is 0 Å². The molecule has 0 fully saturated rings. The van der Waals surface area contributed by atoms with Crippen LogP contribution in [0.1, 0.15) is 27.2 Å². The lowest BCUT2D eigenvalue weighted by molar-refractivity contribution is 0.0593. The van der Waals surface area contributed by atoms with E-state index in [1.165, 1.54) is 13.2 Å². The van der Waals surface area contributed by atoms with E-state index < -0.39 is 5.97 Å². The predicted octanol–water partition coefficient (Wildman–Crippen LogP) is 3.51. The highest BCUT2D eigenvalue weighted by atomic mass is 19.1. The van der Waals surface area contributed by atoms with Crippen molar-refractivity contribution in [2.24, 2.45) is 0 Å². The first kappa shape index (κ1) is 17.0. The highest BCUT2D eigenvalue weighted by Gasteiger charge is 2.20. The van der Waals surface area contributed by atoms with Crippen LogP contribution in [0.2, 0.25) is 0 Å². The molecular formula is C19H20FN3O2. The topological polar surface area (TPSA) is 46.8 Å². The Morgan fingerprint density at radius 1 is 1.28 bits per heavy atom. The first-order chi connectivity index (χ1) is 11.9. The maximum Gasteiger partial charge on any atom is 0.357 e. The van der Waals surface area contributed by atoms with Crippen LogP contribution in [0, 0.1) is 19.7 Å². The lowest BCUT2D eigenvalue weighted by Gasteiger charge is -2.24. The third kappa shape index (κ3) is 2.95. The molecule has 0 radical (unpaired) electrons. The third-order valence-corrected chi connectivity index (χ3v) is 4.54. The van der Waals surface area contributed by atoms with Crippen molar-refractivity contribution in [2.45, 2.75) is 20.4 Å². The number of esters is 1. The molecule has 25 heavy (non-hydrogen) atoms. The number of fused-ring (bicyclic) bond motifs is 1. The van der Waals surface area contributed by atoms with Crippen LogP contribution in [0.15, 0.2) is 36.7 Å². The van der Waals surface area contributed by atoms with E-state index in [0.29, 0.717) is 29.1 Å². The number of methoxy groups -OCH3 is 1. The summed E-state index contributed by atoms with van der Waals surface area (Å²) in [6.45, 7) is 4.20. The minimum atomic E-state index is -0.466. The second-order valence-electron chi connectivity index (χ2n) is 6.04. The zero-order valence-corrected chi connectivity index (χ0v) is 14.7. The number of anilines is 1. The Hall–Kier alpha value is -2.89. The number of carbonyl (C=O) groups is 1. The molecule has 3 rings (SSSR count). The average Bonchev–Trinajstić information content (AvgIpc) is 3.09. The molecule has 0 saturated heterocycles. The van der Waals surface area contributed by atoms with E-state index >= 15 is 0 Å². The predicted molar refractivity (Wildman–Crippen MR) is 94.5 cm³/mol. The molecule has 0 unspecified atom stereocenters. The van der Waals surface area contributed by atoms with Gasteiger partial charge in [0, 0.05) is 31.5 Å². The van der Waals surface area contributed by atoms with Crippen LogP contribution in [0.5, 0.6) is 0 Å². The maximum atomic E-state index is 14.3. The normalized spacial score (nSPS) is 10.9. The SMILES string of the molecule is COC(=O)c1c(N(C)Cc2c(F)ccc(C)c2C)ccc2nccn12. The van der Waals surface area contributed by atoms with Crippen LogP contribution in [-0.2, 0) is 11.3 Å². The molecular weight excluding hydrogens is 321 g/mol. The Kier molecular flexibility index (Phi) is 4.44. The van der Waals surface area contributed by atoms with Gasteiger partial charge in [-0.15, -0.1) is 0 Å². The first-order valence-corrected chi connectivity index (χ1v) is 7.94. The molecule has 0 aliphatic rings. The van der Waals surface area contributed by atoms with Gasteiger partial charge in [-0.3, -0.25) is 4.40 Å². The van der Waals surface area contributed by atoms with Gasteiger partial charge in [0.25, 0.3) is 0 Å². The highest BCUT2D eigenvalue weighted by Crippen LogP contribution is 2.26. The van der Waals surface area contributed by atoms with E-state index in [0.717, 1.165) is 11.1 Å². The van der Waals surface area contributed by atoms with E-state index in [9.17, 15) is 9.18 Å². The molecule has 0 atom stereocenters. The summed E-state index contributed by atoms with van der Waals surface area (Å²) in [4.78, 5) is 18.4.